The molecule has 0 aromatic carbocycles. The lowest BCUT2D eigenvalue weighted by molar-refractivity contribution is -0.151. The summed E-state index contributed by atoms with van der Waals surface area (Å²) in [5.41, 5.74) is 0. The first-order valence-corrected chi connectivity index (χ1v) is 29.2. The fourth-order valence-corrected chi connectivity index (χ4v) is 9.14. The first kappa shape index (κ1) is 64.1. The summed E-state index contributed by atoms with van der Waals surface area (Å²) in [6, 6.07) is -0.706. The van der Waals surface area contributed by atoms with Gasteiger partial charge in [0.05, 0.1) is 25.2 Å². The highest BCUT2D eigenvalue weighted by molar-refractivity contribution is 5.77. The average Bonchev–Trinajstić information content (AvgIpc) is 3.31. The van der Waals surface area contributed by atoms with Crippen molar-refractivity contribution in [1.29, 1.82) is 0 Å². The first-order valence-electron chi connectivity index (χ1n) is 29.2. The van der Waals surface area contributed by atoms with Crippen LogP contribution < -0.4 is 5.32 Å². The Morgan fingerprint density at radius 1 is 0.455 bits per heavy atom. The lowest BCUT2D eigenvalue weighted by Crippen LogP contribution is -2.46. The van der Waals surface area contributed by atoms with E-state index in [4.69, 9.17) is 4.74 Å². The molecule has 0 aliphatic carbocycles. The van der Waals surface area contributed by atoms with Gasteiger partial charge in [0.15, 0.2) is 0 Å². The van der Waals surface area contributed by atoms with Crippen molar-refractivity contribution in [2.75, 3.05) is 6.61 Å². The van der Waals surface area contributed by atoms with Gasteiger partial charge < -0.3 is 20.3 Å². The van der Waals surface area contributed by atoms with Crippen LogP contribution in [0.1, 0.15) is 310 Å². The molecule has 6 heteroatoms. The summed E-state index contributed by atoms with van der Waals surface area (Å²) in [5, 5.41) is 23.9. The van der Waals surface area contributed by atoms with E-state index in [2.05, 4.69) is 62.5 Å². The molecule has 0 saturated heterocycles. The minimum Gasteiger partial charge on any atom is -0.462 e. The number of unbranched alkanes of at least 4 members (excludes halogenated alkanes) is 37. The number of aliphatic hydroxyl groups is 2. The summed E-state index contributed by atoms with van der Waals surface area (Å²) < 4.78 is 5.95. The molecule has 3 N–H and O–H groups in total. The summed E-state index contributed by atoms with van der Waals surface area (Å²) in [6.45, 7) is 6.39. The van der Waals surface area contributed by atoms with Crippen LogP contribution in [-0.2, 0) is 14.3 Å². The van der Waals surface area contributed by atoms with Crippen LogP contribution in [0.15, 0.2) is 36.5 Å². The molecule has 0 bridgehead atoms. The second-order valence-corrected chi connectivity index (χ2v) is 20.1. The molecule has 0 aromatic rings. The molecule has 6 nitrogen and oxygen atoms in total. The van der Waals surface area contributed by atoms with Crippen molar-refractivity contribution < 1.29 is 24.5 Å². The molecule has 1 amide bonds. The first-order chi connectivity index (χ1) is 32.5. The van der Waals surface area contributed by atoms with Crippen LogP contribution >= 0.6 is 0 Å². The molecule has 0 saturated carbocycles. The quantitative estimate of drug-likeness (QED) is 0.0321. The van der Waals surface area contributed by atoms with Crippen molar-refractivity contribution in [2.45, 2.75) is 328 Å². The molecule has 0 aliphatic rings. The lowest BCUT2D eigenvalue weighted by atomic mass is 10.0. The number of carbonyl (C=O) groups excluding carboxylic acids is 2. The minimum absolute atomic E-state index is 0.0683. The number of esters is 1. The Kier molecular flexibility index (Phi) is 52.5. The summed E-state index contributed by atoms with van der Waals surface area (Å²) in [5.74, 6) is -0.477. The molecule has 0 fully saturated rings. The Bertz CT molecular complexity index is 1090. The number of hydrogen-bond acceptors (Lipinski definition) is 5. The number of allylic oxidation sites excluding steroid dienone is 6. The van der Waals surface area contributed by atoms with Crippen molar-refractivity contribution >= 4 is 11.9 Å². The number of ether oxygens (including phenoxy) is 1. The van der Waals surface area contributed by atoms with E-state index in [0.717, 1.165) is 77.0 Å². The van der Waals surface area contributed by atoms with Gasteiger partial charge in [-0.25, -0.2) is 0 Å². The summed E-state index contributed by atoms with van der Waals surface area (Å²) in [6.07, 6.45) is 65.0. The van der Waals surface area contributed by atoms with Crippen molar-refractivity contribution in [2.24, 2.45) is 0 Å². The van der Waals surface area contributed by atoms with Crippen molar-refractivity contribution in [3.8, 4) is 0 Å². The summed E-state index contributed by atoms with van der Waals surface area (Å²) in [4.78, 5) is 26.3. The zero-order chi connectivity index (χ0) is 48.1. The van der Waals surface area contributed by atoms with Gasteiger partial charge in [-0.05, 0) is 44.9 Å². The van der Waals surface area contributed by atoms with Gasteiger partial charge in [-0.15, -0.1) is 0 Å². The Balaban J connectivity index is 4.48. The van der Waals surface area contributed by atoms with Crippen LogP contribution in [0.3, 0.4) is 0 Å². The van der Waals surface area contributed by atoms with E-state index in [1.165, 1.54) is 186 Å². The monoisotopic (exact) mass is 928 g/mol. The normalized spacial score (nSPS) is 13.3. The Morgan fingerprint density at radius 2 is 0.818 bits per heavy atom. The maximum atomic E-state index is 13.3. The predicted molar refractivity (Wildman–Crippen MR) is 287 cm³/mol. The molecule has 66 heavy (non-hydrogen) atoms. The van der Waals surface area contributed by atoms with Crippen LogP contribution in [0.5, 0.6) is 0 Å². The van der Waals surface area contributed by atoms with Crippen molar-refractivity contribution in [1.82, 2.24) is 5.32 Å². The molecule has 0 aliphatic heterocycles. The second-order valence-electron chi connectivity index (χ2n) is 20.1. The molecule has 0 radical (unpaired) electrons. The molecule has 0 heterocycles. The van der Waals surface area contributed by atoms with E-state index in [-0.39, 0.29) is 24.9 Å². The fraction of sp³-hybridized carbons (Fsp3) is 0.867. The van der Waals surface area contributed by atoms with Crippen molar-refractivity contribution in [3.05, 3.63) is 36.5 Å². The van der Waals surface area contributed by atoms with Crippen molar-refractivity contribution in [3.63, 3.8) is 0 Å². The summed E-state index contributed by atoms with van der Waals surface area (Å²) in [7, 11) is 0. The maximum Gasteiger partial charge on any atom is 0.306 e. The van der Waals surface area contributed by atoms with Gasteiger partial charge in [0.2, 0.25) is 5.91 Å². The van der Waals surface area contributed by atoms with E-state index in [9.17, 15) is 19.8 Å². The standard InChI is InChI=1S/C60H113NO5/c1-4-7-10-13-16-19-22-25-27-29-31-34-37-40-43-46-49-52-58(63)57(55-62)61-59(64)54-56(51-48-45-42-39-36-33-24-21-18-15-12-9-6-3)66-60(65)53-50-47-44-41-38-35-32-30-28-26-23-20-17-14-11-8-5-2/h9,12,15,18,21,24,56-58,62-63H,4-8,10-11,13-14,16-17,19-20,22-23,25-55H2,1-3H3,(H,61,64)/b12-9+,18-15+,24-21+. The highest BCUT2D eigenvalue weighted by Crippen LogP contribution is 2.19. The van der Waals surface area contributed by atoms with Gasteiger partial charge in [0.1, 0.15) is 6.10 Å². The number of hydrogen-bond donors (Lipinski definition) is 3. The van der Waals surface area contributed by atoms with E-state index < -0.39 is 18.2 Å². The minimum atomic E-state index is -0.792. The van der Waals surface area contributed by atoms with Gasteiger partial charge in [-0.3, -0.25) is 9.59 Å². The maximum absolute atomic E-state index is 13.3. The fourth-order valence-electron chi connectivity index (χ4n) is 9.14. The van der Waals surface area contributed by atoms with Crippen LogP contribution in [0.25, 0.3) is 0 Å². The summed E-state index contributed by atoms with van der Waals surface area (Å²) >= 11 is 0. The zero-order valence-electron chi connectivity index (χ0n) is 44.3. The predicted octanol–water partition coefficient (Wildman–Crippen LogP) is 18.0. The zero-order valence-corrected chi connectivity index (χ0v) is 44.3. The Hall–Kier alpha value is -1.92. The topological polar surface area (TPSA) is 95.9 Å². The third-order valence-electron chi connectivity index (χ3n) is 13.5. The number of amides is 1. The number of nitrogens with one attached hydrogen (secondary N) is 1. The average molecular weight is 929 g/mol. The van der Waals surface area contributed by atoms with Crippen LogP contribution in [0.2, 0.25) is 0 Å². The van der Waals surface area contributed by atoms with E-state index in [1.54, 1.807) is 0 Å². The van der Waals surface area contributed by atoms with Gasteiger partial charge in [0, 0.05) is 6.42 Å². The largest absolute Gasteiger partial charge is 0.462 e. The molecule has 0 spiro atoms. The van der Waals surface area contributed by atoms with E-state index in [0.29, 0.717) is 19.3 Å². The highest BCUT2D eigenvalue weighted by atomic mass is 16.5. The van der Waals surface area contributed by atoms with Crippen LogP contribution in [0.4, 0.5) is 0 Å². The van der Waals surface area contributed by atoms with Gasteiger partial charge in [-0.2, -0.15) is 0 Å². The molecular weight excluding hydrogens is 815 g/mol. The molecule has 0 rings (SSSR count). The van der Waals surface area contributed by atoms with Gasteiger partial charge >= 0.3 is 5.97 Å². The van der Waals surface area contributed by atoms with Gasteiger partial charge in [-0.1, -0.05) is 288 Å². The molecule has 0 aromatic heterocycles. The number of carbonyl (C=O) groups is 2. The van der Waals surface area contributed by atoms with E-state index in [1.807, 2.05) is 0 Å². The number of aliphatic hydroxyl groups excluding tert-OH is 2. The van der Waals surface area contributed by atoms with Crippen LogP contribution in [0, 0.1) is 0 Å². The SMILES string of the molecule is CC/C=C/C=C/C=C/CCCCCCCC(CC(=O)NC(CO)C(O)CCCCCCCCCCCCCCCCCCC)OC(=O)CCCCCCCCCCCCCCCCCCC. The van der Waals surface area contributed by atoms with E-state index >= 15 is 0 Å². The lowest BCUT2D eigenvalue weighted by Gasteiger charge is -2.24. The molecule has 3 unspecified atom stereocenters. The third kappa shape index (κ3) is 48.5. The number of rotatable bonds is 53. The molecular formula is C60H113NO5. The molecule has 3 atom stereocenters. The molecule has 388 valence electrons. The van der Waals surface area contributed by atoms with Crippen LogP contribution in [-0.4, -0.2) is 46.9 Å². The second kappa shape index (κ2) is 54.0. The highest BCUT2D eigenvalue weighted by Gasteiger charge is 2.24. The Labute approximate surface area is 411 Å². The third-order valence-corrected chi connectivity index (χ3v) is 13.5. The smallest absolute Gasteiger partial charge is 0.306 e. The van der Waals surface area contributed by atoms with Gasteiger partial charge in [0.25, 0.3) is 0 Å². The Morgan fingerprint density at radius 3 is 1.23 bits per heavy atom.